The molecule has 2 rings (SSSR count). The zero-order valence-electron chi connectivity index (χ0n) is 11.9. The molecule has 102 valence electrons. The minimum Gasteiger partial charge on any atom is -0.479 e. The Morgan fingerprint density at radius 3 is 2.84 bits per heavy atom. The second-order valence-corrected chi connectivity index (χ2v) is 6.28. The molecular weight excluding hydrogens is 236 g/mol. The molecule has 3 nitrogen and oxygen atoms in total. The van der Waals surface area contributed by atoms with Crippen molar-refractivity contribution in [1.29, 1.82) is 5.26 Å². The third kappa shape index (κ3) is 3.64. The van der Waals surface area contributed by atoms with E-state index in [0.717, 1.165) is 11.4 Å². The van der Waals surface area contributed by atoms with Crippen LogP contribution < -0.4 is 10.1 Å². The number of hydrogen-bond donors (Lipinski definition) is 1. The van der Waals surface area contributed by atoms with Crippen LogP contribution in [0.1, 0.15) is 33.6 Å². The molecule has 0 bridgehead atoms. The van der Waals surface area contributed by atoms with Crippen molar-refractivity contribution in [2.24, 2.45) is 11.3 Å². The quantitative estimate of drug-likeness (QED) is 0.892. The molecule has 1 aromatic carbocycles. The van der Waals surface area contributed by atoms with Crippen LogP contribution in [0.15, 0.2) is 24.3 Å². The first kappa shape index (κ1) is 13.7. The van der Waals surface area contributed by atoms with E-state index in [1.807, 2.05) is 24.3 Å². The van der Waals surface area contributed by atoms with Gasteiger partial charge in [-0.2, -0.15) is 5.26 Å². The topological polar surface area (TPSA) is 45.0 Å². The summed E-state index contributed by atoms with van der Waals surface area (Å²) in [5, 5.41) is 12.1. The van der Waals surface area contributed by atoms with Crippen molar-refractivity contribution in [2.75, 3.05) is 11.9 Å². The smallest absolute Gasteiger partial charge is 0.174 e. The summed E-state index contributed by atoms with van der Waals surface area (Å²) in [6.07, 6.45) is 2.45. The molecule has 0 spiro atoms. The van der Waals surface area contributed by atoms with Gasteiger partial charge in [0.2, 0.25) is 0 Å². The molecule has 1 N–H and O–H groups in total. The van der Waals surface area contributed by atoms with Crippen LogP contribution in [0.2, 0.25) is 0 Å². The van der Waals surface area contributed by atoms with Gasteiger partial charge >= 0.3 is 0 Å². The number of hydrogen-bond acceptors (Lipinski definition) is 3. The van der Waals surface area contributed by atoms with E-state index in [0.29, 0.717) is 17.4 Å². The molecule has 0 saturated heterocycles. The molecule has 2 atom stereocenters. The van der Waals surface area contributed by atoms with E-state index in [4.69, 9.17) is 10.00 Å². The second kappa shape index (κ2) is 5.52. The van der Waals surface area contributed by atoms with E-state index in [2.05, 4.69) is 32.2 Å². The van der Waals surface area contributed by atoms with Gasteiger partial charge in [-0.3, -0.25) is 0 Å². The van der Waals surface area contributed by atoms with Crippen LogP contribution in [0.4, 0.5) is 5.69 Å². The number of benzene rings is 1. The van der Waals surface area contributed by atoms with E-state index < -0.39 is 0 Å². The van der Waals surface area contributed by atoms with Gasteiger partial charge in [-0.05, 0) is 36.3 Å². The maximum Gasteiger partial charge on any atom is 0.174 e. The molecule has 0 heterocycles. The highest BCUT2D eigenvalue weighted by molar-refractivity contribution is 5.49. The SMILES string of the molecule is CC1CC(C)(C)CC1Nc1cccc(OCC#N)c1. The lowest BCUT2D eigenvalue weighted by atomic mass is 9.91. The molecule has 1 fully saturated rings. The molecule has 2 unspecified atom stereocenters. The molecular formula is C16H22N2O. The summed E-state index contributed by atoms with van der Waals surface area (Å²) < 4.78 is 5.33. The number of anilines is 1. The van der Waals surface area contributed by atoms with E-state index in [9.17, 15) is 0 Å². The normalized spacial score (nSPS) is 24.7. The van der Waals surface area contributed by atoms with Gasteiger partial charge in [0.1, 0.15) is 11.8 Å². The highest BCUT2D eigenvalue weighted by Crippen LogP contribution is 2.42. The van der Waals surface area contributed by atoms with Gasteiger partial charge in [-0.15, -0.1) is 0 Å². The zero-order valence-corrected chi connectivity index (χ0v) is 11.9. The standard InChI is InChI=1S/C16H22N2O/c1-12-10-16(2,3)11-15(12)18-13-5-4-6-14(9-13)19-8-7-17/h4-6,9,12,15,18H,8,10-11H2,1-3H3. The Kier molecular flexibility index (Phi) is 3.99. The Labute approximate surface area is 115 Å². The van der Waals surface area contributed by atoms with Crippen LogP contribution in [0.25, 0.3) is 0 Å². The first-order valence-corrected chi connectivity index (χ1v) is 6.86. The van der Waals surface area contributed by atoms with Crippen LogP contribution in [0.3, 0.4) is 0 Å². The van der Waals surface area contributed by atoms with Crippen molar-refractivity contribution >= 4 is 5.69 Å². The summed E-state index contributed by atoms with van der Waals surface area (Å²) in [4.78, 5) is 0. The lowest BCUT2D eigenvalue weighted by Gasteiger charge is -2.20. The van der Waals surface area contributed by atoms with E-state index in [1.54, 1.807) is 0 Å². The second-order valence-electron chi connectivity index (χ2n) is 6.28. The number of nitriles is 1. The van der Waals surface area contributed by atoms with E-state index in [1.165, 1.54) is 12.8 Å². The summed E-state index contributed by atoms with van der Waals surface area (Å²) in [7, 11) is 0. The maximum absolute atomic E-state index is 8.53. The van der Waals surface area contributed by atoms with Crippen LogP contribution in [0.5, 0.6) is 5.75 Å². The van der Waals surface area contributed by atoms with Crippen molar-refractivity contribution in [3.05, 3.63) is 24.3 Å². The number of rotatable bonds is 4. The largest absolute Gasteiger partial charge is 0.479 e. The van der Waals surface area contributed by atoms with Crippen LogP contribution in [-0.4, -0.2) is 12.6 Å². The lowest BCUT2D eigenvalue weighted by molar-refractivity contribution is 0.366. The van der Waals surface area contributed by atoms with Crippen molar-refractivity contribution in [3.8, 4) is 11.8 Å². The molecule has 3 heteroatoms. The number of ether oxygens (including phenoxy) is 1. The van der Waals surface area contributed by atoms with Gasteiger partial charge < -0.3 is 10.1 Å². The van der Waals surface area contributed by atoms with E-state index >= 15 is 0 Å². The molecule has 0 amide bonds. The minimum atomic E-state index is 0.0936. The maximum atomic E-state index is 8.53. The minimum absolute atomic E-state index is 0.0936. The van der Waals surface area contributed by atoms with Crippen molar-refractivity contribution < 1.29 is 4.74 Å². The first-order valence-electron chi connectivity index (χ1n) is 6.86. The molecule has 1 aromatic rings. The van der Waals surface area contributed by atoms with Crippen molar-refractivity contribution in [2.45, 2.75) is 39.7 Å². The Hall–Kier alpha value is -1.69. The Bertz CT molecular complexity index is 476. The zero-order chi connectivity index (χ0) is 13.9. The summed E-state index contributed by atoms with van der Waals surface area (Å²) in [6, 6.07) is 10.4. The number of nitrogens with zero attached hydrogens (tertiary/aromatic N) is 1. The van der Waals surface area contributed by atoms with Gasteiger partial charge in [0.05, 0.1) is 0 Å². The van der Waals surface area contributed by atoms with Crippen LogP contribution in [-0.2, 0) is 0 Å². The van der Waals surface area contributed by atoms with Crippen molar-refractivity contribution in [1.82, 2.24) is 0 Å². The van der Waals surface area contributed by atoms with E-state index in [-0.39, 0.29) is 6.61 Å². The average Bonchev–Trinajstić information content (AvgIpc) is 2.60. The Balaban J connectivity index is 2.01. The summed E-state index contributed by atoms with van der Waals surface area (Å²) in [5.74, 6) is 1.43. The first-order chi connectivity index (χ1) is 9.00. The lowest BCUT2D eigenvalue weighted by Crippen LogP contribution is -2.22. The average molecular weight is 258 g/mol. The molecule has 0 aliphatic heterocycles. The number of nitrogens with one attached hydrogen (secondary N) is 1. The summed E-state index contributed by atoms with van der Waals surface area (Å²) in [5.41, 5.74) is 1.50. The third-order valence-corrected chi connectivity index (χ3v) is 3.82. The summed E-state index contributed by atoms with van der Waals surface area (Å²) in [6.45, 7) is 7.06. The van der Waals surface area contributed by atoms with Crippen LogP contribution >= 0.6 is 0 Å². The fraction of sp³-hybridized carbons (Fsp3) is 0.562. The molecule has 0 aromatic heterocycles. The molecule has 1 aliphatic rings. The highest BCUT2D eigenvalue weighted by Gasteiger charge is 2.36. The molecule has 19 heavy (non-hydrogen) atoms. The van der Waals surface area contributed by atoms with Gasteiger partial charge in [-0.1, -0.05) is 26.8 Å². The van der Waals surface area contributed by atoms with Gasteiger partial charge in [0, 0.05) is 17.8 Å². The van der Waals surface area contributed by atoms with Gasteiger partial charge in [0.25, 0.3) is 0 Å². The fourth-order valence-electron chi connectivity index (χ4n) is 3.09. The summed E-state index contributed by atoms with van der Waals surface area (Å²) >= 11 is 0. The molecule has 1 saturated carbocycles. The van der Waals surface area contributed by atoms with Crippen LogP contribution in [0, 0.1) is 22.7 Å². The monoisotopic (exact) mass is 258 g/mol. The highest BCUT2D eigenvalue weighted by atomic mass is 16.5. The fourth-order valence-corrected chi connectivity index (χ4v) is 3.09. The third-order valence-electron chi connectivity index (χ3n) is 3.82. The van der Waals surface area contributed by atoms with Crippen molar-refractivity contribution in [3.63, 3.8) is 0 Å². The predicted octanol–water partition coefficient (Wildman–Crippen LogP) is 3.83. The predicted molar refractivity (Wildman–Crippen MR) is 77.1 cm³/mol. The Morgan fingerprint density at radius 2 is 2.21 bits per heavy atom. The van der Waals surface area contributed by atoms with Gasteiger partial charge in [0.15, 0.2) is 6.61 Å². The Morgan fingerprint density at radius 1 is 1.42 bits per heavy atom. The molecule has 1 aliphatic carbocycles. The molecule has 0 radical (unpaired) electrons. The van der Waals surface area contributed by atoms with Gasteiger partial charge in [-0.25, -0.2) is 0 Å².